The van der Waals surface area contributed by atoms with Crippen LogP contribution in [0.1, 0.15) is 152 Å². The lowest BCUT2D eigenvalue weighted by Crippen LogP contribution is -2.66. The first kappa shape index (κ1) is 52.1. The number of fused-ring (bicyclic) bond motifs is 7. The minimum atomic E-state index is -1.33. The Balaban J connectivity index is 1.38. The second-order valence-corrected chi connectivity index (χ2v) is 25.0. The predicted octanol–water partition coefficient (Wildman–Crippen LogP) is 10.5. The molecule has 0 radical (unpaired) electrons. The highest BCUT2D eigenvalue weighted by molar-refractivity contribution is 6.30. The van der Waals surface area contributed by atoms with Gasteiger partial charge in [0.1, 0.15) is 12.2 Å². The third kappa shape index (κ3) is 9.41. The van der Waals surface area contributed by atoms with Crippen molar-refractivity contribution >= 4 is 41.3 Å². The van der Waals surface area contributed by atoms with Crippen LogP contribution in [0.5, 0.6) is 0 Å². The summed E-state index contributed by atoms with van der Waals surface area (Å²) in [6.45, 7) is 24.9. The topological polar surface area (TPSA) is 151 Å². The summed E-state index contributed by atoms with van der Waals surface area (Å²) in [5.41, 5.74) is -0.739. The molecule has 2 N–H and O–H groups in total. The Labute approximate surface area is 400 Å². The van der Waals surface area contributed by atoms with Gasteiger partial charge in [-0.1, -0.05) is 72.2 Å². The number of allylic oxidation sites excluding steroid dienone is 1. The molecule has 9 atom stereocenters. The maximum Gasteiger partial charge on any atom is 0.309 e. The van der Waals surface area contributed by atoms with E-state index in [1.54, 1.807) is 27.7 Å². The van der Waals surface area contributed by atoms with E-state index in [0.717, 1.165) is 62.6 Å². The molecule has 1 aromatic rings. The average Bonchev–Trinajstić information content (AvgIpc) is 3.51. The highest BCUT2D eigenvalue weighted by Crippen LogP contribution is 2.77. The van der Waals surface area contributed by atoms with Gasteiger partial charge in [-0.15, -0.1) is 0 Å². The van der Waals surface area contributed by atoms with Crippen molar-refractivity contribution in [3.63, 3.8) is 0 Å². The maximum atomic E-state index is 14.8. The second kappa shape index (κ2) is 18.6. The molecule has 66 heavy (non-hydrogen) atoms. The number of ether oxygens (including phenoxy) is 2. The Morgan fingerprint density at radius 1 is 0.788 bits per heavy atom. The fraction of sp³-hybridized carbons (Fsp3) is 0.759. The van der Waals surface area contributed by atoms with Crippen LogP contribution in [0.3, 0.4) is 0 Å². The molecule has 0 aliphatic heterocycles. The number of carbonyl (C=O) groups excluding carboxylic acids is 3. The van der Waals surface area contributed by atoms with Crippen LogP contribution in [-0.4, -0.2) is 95.6 Å². The summed E-state index contributed by atoms with van der Waals surface area (Å²) in [7, 11) is 4.08. The zero-order valence-corrected chi connectivity index (χ0v) is 43.2. The summed E-state index contributed by atoms with van der Waals surface area (Å²) in [5.74, 6) is -2.24. The highest BCUT2D eigenvalue weighted by atomic mass is 35.5. The van der Waals surface area contributed by atoms with Crippen LogP contribution in [0, 0.1) is 61.6 Å². The number of carboxylic acid groups (broad SMARTS) is 2. The Morgan fingerprint density at radius 2 is 1.39 bits per heavy atom. The lowest BCUT2D eigenvalue weighted by molar-refractivity contribution is -0.235. The number of carboxylic acids is 2. The van der Waals surface area contributed by atoms with Crippen LogP contribution in [0.15, 0.2) is 35.4 Å². The third-order valence-electron chi connectivity index (χ3n) is 18.5. The smallest absolute Gasteiger partial charge is 0.309 e. The first-order valence-corrected chi connectivity index (χ1v) is 25.1. The minimum absolute atomic E-state index is 0.0309. The normalized spacial score (nSPS) is 32.3. The molecule has 0 saturated heterocycles. The third-order valence-corrected chi connectivity index (χ3v) is 18.8. The molecule has 5 aliphatic carbocycles. The SMILES string of the molecule is CC(C)C1=C2[C@H]3CC[C@@H]4[C@@]5(C)CC[C@H](OC(=O)CC(C)(C)C(=O)O)C(C)(C)C5CC[C@@]4(C)[C@]3(C)CCC2(C(CN(CCN(C)C)Cc2ccc(Cl)cc2)OC(=O)CC(C)(C)C(=O)O)CC1=O. The van der Waals surface area contributed by atoms with Crippen LogP contribution in [0.2, 0.25) is 5.02 Å². The van der Waals surface area contributed by atoms with Gasteiger partial charge >= 0.3 is 23.9 Å². The van der Waals surface area contributed by atoms with Crippen molar-refractivity contribution in [3.05, 3.63) is 46.0 Å². The Hall–Kier alpha value is -3.28. The van der Waals surface area contributed by atoms with Crippen molar-refractivity contribution in [2.75, 3.05) is 33.7 Å². The summed E-state index contributed by atoms with van der Waals surface area (Å²) in [5, 5.41) is 20.4. The minimum Gasteiger partial charge on any atom is -0.481 e. The molecule has 0 amide bonds. The Bertz CT molecular complexity index is 2080. The van der Waals surface area contributed by atoms with E-state index in [1.165, 1.54) is 5.57 Å². The summed E-state index contributed by atoms with van der Waals surface area (Å²) >= 11 is 6.31. The van der Waals surface area contributed by atoms with Gasteiger partial charge in [0.05, 0.1) is 23.7 Å². The number of benzene rings is 1. The van der Waals surface area contributed by atoms with Crippen LogP contribution < -0.4 is 0 Å². The van der Waals surface area contributed by atoms with Gasteiger partial charge in [-0.3, -0.25) is 28.9 Å². The van der Waals surface area contributed by atoms with Gasteiger partial charge in [0.2, 0.25) is 0 Å². The number of Topliss-reactive ketones (excluding diaryl/α,β-unsaturated/α-hetero) is 1. The lowest BCUT2D eigenvalue weighted by atomic mass is 9.33. The summed E-state index contributed by atoms with van der Waals surface area (Å²) in [6, 6.07) is 7.81. The van der Waals surface area contributed by atoms with Gasteiger partial charge in [-0.25, -0.2) is 0 Å². The fourth-order valence-corrected chi connectivity index (χ4v) is 14.6. The molecule has 4 fully saturated rings. The molecule has 5 aliphatic rings. The molecule has 11 nitrogen and oxygen atoms in total. The number of hydrogen-bond acceptors (Lipinski definition) is 9. The summed E-state index contributed by atoms with van der Waals surface area (Å²) in [4.78, 5) is 71.0. The van der Waals surface area contributed by atoms with Crippen LogP contribution in [-0.2, 0) is 40.0 Å². The lowest BCUT2D eigenvalue weighted by Gasteiger charge is -2.72. The van der Waals surface area contributed by atoms with Gasteiger partial charge < -0.3 is 24.6 Å². The molecular formula is C54H81ClN2O9. The van der Waals surface area contributed by atoms with Crippen LogP contribution in [0.25, 0.3) is 0 Å². The van der Waals surface area contributed by atoms with Gasteiger partial charge in [0.15, 0.2) is 5.78 Å². The molecule has 0 spiro atoms. The molecule has 12 heteroatoms. The van der Waals surface area contributed by atoms with Gasteiger partial charge in [-0.2, -0.15) is 0 Å². The zero-order chi connectivity index (χ0) is 49.2. The van der Waals surface area contributed by atoms with Crippen molar-refractivity contribution in [2.45, 2.75) is 166 Å². The molecule has 0 heterocycles. The van der Waals surface area contributed by atoms with E-state index in [9.17, 15) is 34.2 Å². The standard InChI is InChI=1S/C54H81ClN2O9/c1-33(2)44-37(58)28-54(41(66-43(60)30-49(5,6)47(63)64)32-57(27-26-56(12)13)31-34-14-16-35(55)17-15-34)25-24-52(10)36(45(44)54)18-19-39-51(9)22-21-40(65-42(59)29-48(3,4)46(61)62)50(7,8)38(51)20-23-53(39,52)11/h14-17,33,36,38-41H,18-32H2,1-13H3,(H,61,62)(H,63,64)/t36-,38?,39-,40+,41?,51+,52-,53-,54?/m1/s1. The van der Waals surface area contributed by atoms with Crippen LogP contribution in [0.4, 0.5) is 0 Å². The molecular weight excluding hydrogens is 856 g/mol. The van der Waals surface area contributed by atoms with Crippen molar-refractivity contribution in [1.82, 2.24) is 9.80 Å². The average molecular weight is 938 g/mol. The largest absolute Gasteiger partial charge is 0.481 e. The van der Waals surface area contributed by atoms with E-state index in [-0.39, 0.29) is 70.6 Å². The Kier molecular flexibility index (Phi) is 14.7. The number of rotatable bonds is 17. The van der Waals surface area contributed by atoms with Crippen molar-refractivity contribution in [1.29, 1.82) is 0 Å². The summed E-state index contributed by atoms with van der Waals surface area (Å²) < 4.78 is 13.0. The number of likely N-dealkylation sites (N-methyl/N-ethyl adjacent to an activating group) is 1. The van der Waals surface area contributed by atoms with Gasteiger partial charge in [0.25, 0.3) is 0 Å². The van der Waals surface area contributed by atoms with E-state index < -0.39 is 46.2 Å². The molecule has 4 saturated carbocycles. The number of halogens is 1. The number of esters is 2. The molecule has 3 unspecified atom stereocenters. The number of aliphatic carboxylic acids is 2. The van der Waals surface area contributed by atoms with Crippen molar-refractivity contribution < 1.29 is 43.7 Å². The van der Waals surface area contributed by atoms with Gasteiger partial charge in [0, 0.05) is 48.5 Å². The zero-order valence-electron chi connectivity index (χ0n) is 42.4. The molecule has 368 valence electrons. The van der Waals surface area contributed by atoms with E-state index in [1.807, 2.05) is 38.4 Å². The number of carbonyl (C=O) groups is 5. The molecule has 6 rings (SSSR count). The number of hydrogen-bond donors (Lipinski definition) is 2. The molecule has 1 aromatic carbocycles. The quantitative estimate of drug-likeness (QED) is 0.144. The number of ketones is 1. The van der Waals surface area contributed by atoms with Crippen molar-refractivity contribution in [2.24, 2.45) is 61.6 Å². The van der Waals surface area contributed by atoms with Crippen molar-refractivity contribution in [3.8, 4) is 0 Å². The van der Waals surface area contributed by atoms with Crippen LogP contribution >= 0.6 is 11.6 Å². The first-order chi connectivity index (χ1) is 30.4. The summed E-state index contributed by atoms with van der Waals surface area (Å²) in [6.07, 6.45) is 5.84. The molecule has 0 bridgehead atoms. The van der Waals surface area contributed by atoms with E-state index in [0.29, 0.717) is 37.0 Å². The predicted molar refractivity (Wildman–Crippen MR) is 257 cm³/mol. The first-order valence-electron chi connectivity index (χ1n) is 24.7. The van der Waals surface area contributed by atoms with E-state index in [2.05, 4.69) is 58.3 Å². The highest BCUT2D eigenvalue weighted by Gasteiger charge is 2.71. The number of nitrogens with zero attached hydrogens (tertiary/aromatic N) is 2. The Morgan fingerprint density at radius 3 is 1.97 bits per heavy atom. The second-order valence-electron chi connectivity index (χ2n) is 24.6. The van der Waals surface area contributed by atoms with Gasteiger partial charge in [-0.05, 0) is 162 Å². The van der Waals surface area contributed by atoms with E-state index >= 15 is 0 Å². The maximum absolute atomic E-state index is 14.8. The van der Waals surface area contributed by atoms with E-state index in [4.69, 9.17) is 21.1 Å². The fourth-order valence-electron chi connectivity index (χ4n) is 14.5. The molecule has 0 aromatic heterocycles. The monoisotopic (exact) mass is 937 g/mol.